The Hall–Kier alpha value is -2.36. The number of nitrogens with zero attached hydrogens (tertiary/aromatic N) is 2. The number of aryl methyl sites for hydroxylation is 1. The Bertz CT molecular complexity index is 1110. The zero-order chi connectivity index (χ0) is 25.2. The predicted molar refractivity (Wildman–Crippen MR) is 131 cm³/mol. The summed E-state index contributed by atoms with van der Waals surface area (Å²) in [5, 5.41) is 8.99. The van der Waals surface area contributed by atoms with Crippen LogP contribution in [-0.4, -0.2) is 35.6 Å². The zero-order valence-corrected chi connectivity index (χ0v) is 20.9. The largest absolute Gasteiger partial charge is 0.330 e. The zero-order valence-electron chi connectivity index (χ0n) is 20.1. The van der Waals surface area contributed by atoms with Crippen molar-refractivity contribution in [3.8, 4) is 0 Å². The Kier molecular flexibility index (Phi) is 8.10. The second-order valence-electron chi connectivity index (χ2n) is 8.59. The average molecular weight is 493 g/mol. The molecule has 1 heterocycles. The summed E-state index contributed by atoms with van der Waals surface area (Å²) in [4.78, 5) is 12.5. The standard InChI is InChI=1S/C25H31F3N4OS/c1-6-17(9-10-29)25(20-11-14(2)12-22(28)15(20)3)32(24(33)16(4)30-5)31-23(34-25)19-13-18(26)7-8-21(19)27/h7-8,11-13,16-17,30H,6,9-10,29H2,1-5H3/t16-,17?,25-/m0/s1. The fourth-order valence-electron chi connectivity index (χ4n) is 4.38. The van der Waals surface area contributed by atoms with E-state index < -0.39 is 28.4 Å². The predicted octanol–water partition coefficient (Wildman–Crippen LogP) is 4.79. The van der Waals surface area contributed by atoms with E-state index in [-0.39, 0.29) is 22.4 Å². The van der Waals surface area contributed by atoms with E-state index in [0.717, 1.165) is 30.0 Å². The van der Waals surface area contributed by atoms with Gasteiger partial charge in [0.25, 0.3) is 5.91 Å². The first-order valence-corrected chi connectivity index (χ1v) is 12.1. The maximum absolute atomic E-state index is 15.0. The second kappa shape index (κ2) is 10.5. The molecule has 0 radical (unpaired) electrons. The highest BCUT2D eigenvalue weighted by Crippen LogP contribution is 2.55. The second-order valence-corrected chi connectivity index (χ2v) is 9.80. The van der Waals surface area contributed by atoms with Gasteiger partial charge in [0.1, 0.15) is 27.4 Å². The third kappa shape index (κ3) is 4.61. The van der Waals surface area contributed by atoms with E-state index >= 15 is 4.39 Å². The average Bonchev–Trinajstić information content (AvgIpc) is 3.21. The number of nitrogens with one attached hydrogen (secondary N) is 1. The molecule has 2 aromatic carbocycles. The quantitative estimate of drug-likeness (QED) is 0.556. The lowest BCUT2D eigenvalue weighted by molar-refractivity contribution is -0.138. The number of nitrogens with two attached hydrogens (primary N) is 1. The van der Waals surface area contributed by atoms with Crippen LogP contribution in [0.1, 0.15) is 48.9 Å². The molecule has 184 valence electrons. The molecule has 1 aliphatic rings. The Morgan fingerprint density at radius 2 is 1.91 bits per heavy atom. The molecule has 9 heteroatoms. The molecule has 0 bridgehead atoms. The van der Waals surface area contributed by atoms with Gasteiger partial charge in [0.2, 0.25) is 0 Å². The van der Waals surface area contributed by atoms with Crippen LogP contribution in [0.2, 0.25) is 0 Å². The summed E-state index contributed by atoms with van der Waals surface area (Å²) in [6.07, 6.45) is 1.12. The van der Waals surface area contributed by atoms with Crippen molar-refractivity contribution in [3.05, 3.63) is 70.0 Å². The van der Waals surface area contributed by atoms with Crippen LogP contribution >= 0.6 is 11.8 Å². The Morgan fingerprint density at radius 1 is 1.21 bits per heavy atom. The molecule has 0 aliphatic carbocycles. The monoisotopic (exact) mass is 492 g/mol. The highest BCUT2D eigenvalue weighted by molar-refractivity contribution is 8.15. The lowest BCUT2D eigenvalue weighted by Crippen LogP contribution is -2.52. The molecule has 0 fully saturated rings. The molecule has 1 aliphatic heterocycles. The first-order valence-electron chi connectivity index (χ1n) is 11.3. The normalized spacial score (nSPS) is 19.8. The van der Waals surface area contributed by atoms with Crippen LogP contribution in [0.25, 0.3) is 0 Å². The number of benzene rings is 2. The van der Waals surface area contributed by atoms with Gasteiger partial charge in [-0.1, -0.05) is 24.8 Å². The minimum absolute atomic E-state index is 0.0461. The molecule has 0 saturated carbocycles. The van der Waals surface area contributed by atoms with Gasteiger partial charge < -0.3 is 11.1 Å². The van der Waals surface area contributed by atoms with E-state index in [0.29, 0.717) is 36.1 Å². The molecule has 1 amide bonds. The summed E-state index contributed by atoms with van der Waals surface area (Å²) in [5.74, 6) is -2.29. The van der Waals surface area contributed by atoms with E-state index in [1.165, 1.54) is 11.1 Å². The van der Waals surface area contributed by atoms with E-state index in [1.54, 1.807) is 27.8 Å². The van der Waals surface area contributed by atoms with Gasteiger partial charge in [-0.2, -0.15) is 5.10 Å². The number of hydrogen-bond acceptors (Lipinski definition) is 5. The minimum atomic E-state index is -1.19. The van der Waals surface area contributed by atoms with Gasteiger partial charge in [0, 0.05) is 5.56 Å². The Morgan fingerprint density at radius 3 is 2.53 bits per heavy atom. The molecule has 3 atom stereocenters. The molecule has 2 aromatic rings. The fraction of sp³-hybridized carbons (Fsp3) is 0.440. The fourth-order valence-corrected chi connectivity index (χ4v) is 6.05. The highest BCUT2D eigenvalue weighted by Gasteiger charge is 2.54. The maximum Gasteiger partial charge on any atom is 0.261 e. The molecule has 1 unspecified atom stereocenters. The number of hydrogen-bond donors (Lipinski definition) is 2. The number of rotatable bonds is 8. The van der Waals surface area contributed by atoms with Crippen molar-refractivity contribution in [2.24, 2.45) is 16.8 Å². The Labute approximate surface area is 203 Å². The number of carbonyl (C=O) groups is 1. The van der Waals surface area contributed by atoms with Crippen LogP contribution in [0.5, 0.6) is 0 Å². The van der Waals surface area contributed by atoms with Gasteiger partial charge in [-0.15, -0.1) is 0 Å². The molecule has 0 aromatic heterocycles. The SMILES string of the molecule is CCC(CCN)[C@@]1(c2cc(C)cc(F)c2C)SC(c2cc(F)ccc2F)=NN1C(=O)[C@H](C)NC. The summed E-state index contributed by atoms with van der Waals surface area (Å²) in [7, 11) is 1.65. The molecular weight excluding hydrogens is 461 g/mol. The van der Waals surface area contributed by atoms with Crippen LogP contribution in [0.4, 0.5) is 13.2 Å². The molecule has 3 rings (SSSR count). The summed E-state index contributed by atoms with van der Waals surface area (Å²) in [5.41, 5.74) is 7.54. The topological polar surface area (TPSA) is 70.7 Å². The van der Waals surface area contributed by atoms with Gasteiger partial charge >= 0.3 is 0 Å². The van der Waals surface area contributed by atoms with E-state index in [4.69, 9.17) is 5.73 Å². The number of likely N-dealkylation sites (N-methyl/N-ethyl adjacent to an activating group) is 1. The summed E-state index contributed by atoms with van der Waals surface area (Å²) >= 11 is 1.15. The van der Waals surface area contributed by atoms with Crippen molar-refractivity contribution in [1.82, 2.24) is 10.3 Å². The molecule has 0 saturated heterocycles. The van der Waals surface area contributed by atoms with Gasteiger partial charge in [-0.25, -0.2) is 18.2 Å². The highest BCUT2D eigenvalue weighted by atomic mass is 32.2. The van der Waals surface area contributed by atoms with E-state index in [1.807, 2.05) is 13.0 Å². The number of carbonyl (C=O) groups excluding carboxylic acids is 1. The third-order valence-corrected chi connectivity index (χ3v) is 7.90. The van der Waals surface area contributed by atoms with Crippen LogP contribution < -0.4 is 11.1 Å². The number of halogens is 3. The first kappa shape index (κ1) is 26.2. The van der Waals surface area contributed by atoms with Crippen LogP contribution in [0, 0.1) is 37.2 Å². The summed E-state index contributed by atoms with van der Waals surface area (Å²) in [6.45, 7) is 7.43. The van der Waals surface area contributed by atoms with Crippen molar-refractivity contribution in [2.75, 3.05) is 13.6 Å². The van der Waals surface area contributed by atoms with Crippen molar-refractivity contribution in [1.29, 1.82) is 0 Å². The van der Waals surface area contributed by atoms with Crippen molar-refractivity contribution in [3.63, 3.8) is 0 Å². The van der Waals surface area contributed by atoms with E-state index in [2.05, 4.69) is 10.4 Å². The van der Waals surface area contributed by atoms with E-state index in [9.17, 15) is 13.6 Å². The third-order valence-electron chi connectivity index (χ3n) is 6.36. The van der Waals surface area contributed by atoms with Gasteiger partial charge in [-0.3, -0.25) is 4.79 Å². The van der Waals surface area contributed by atoms with Gasteiger partial charge in [0.15, 0.2) is 0 Å². The lowest BCUT2D eigenvalue weighted by atomic mass is 9.83. The van der Waals surface area contributed by atoms with Crippen molar-refractivity contribution in [2.45, 2.75) is 51.4 Å². The Balaban J connectivity index is 2.36. The molecule has 3 N–H and O–H groups in total. The molecule has 34 heavy (non-hydrogen) atoms. The smallest absolute Gasteiger partial charge is 0.261 e. The molecular formula is C25H31F3N4OS. The summed E-state index contributed by atoms with van der Waals surface area (Å²) in [6, 6.07) is 5.79. The minimum Gasteiger partial charge on any atom is -0.330 e. The number of amides is 1. The van der Waals surface area contributed by atoms with Gasteiger partial charge in [0.05, 0.1) is 6.04 Å². The molecule has 5 nitrogen and oxygen atoms in total. The van der Waals surface area contributed by atoms with Crippen LogP contribution in [0.15, 0.2) is 35.4 Å². The van der Waals surface area contributed by atoms with Crippen molar-refractivity contribution >= 4 is 22.7 Å². The van der Waals surface area contributed by atoms with Crippen molar-refractivity contribution < 1.29 is 18.0 Å². The maximum atomic E-state index is 15.0. The lowest BCUT2D eigenvalue weighted by Gasteiger charge is -2.43. The first-order chi connectivity index (χ1) is 16.1. The van der Waals surface area contributed by atoms with Crippen LogP contribution in [-0.2, 0) is 9.67 Å². The van der Waals surface area contributed by atoms with Gasteiger partial charge in [-0.05, 0) is 94.1 Å². The summed E-state index contributed by atoms with van der Waals surface area (Å²) < 4.78 is 43.9. The number of hydrazone groups is 1. The molecule has 0 spiro atoms. The number of thioether (sulfide) groups is 1. The van der Waals surface area contributed by atoms with Crippen LogP contribution in [0.3, 0.4) is 0 Å².